The van der Waals surface area contributed by atoms with Crippen LogP contribution in [0.4, 0.5) is 0 Å². The van der Waals surface area contributed by atoms with Gasteiger partial charge in [-0.3, -0.25) is 4.79 Å². The molecule has 0 spiro atoms. The maximum absolute atomic E-state index is 12.4. The van der Waals surface area contributed by atoms with Crippen LogP contribution in [0.1, 0.15) is 29.2 Å². The van der Waals surface area contributed by atoms with Crippen LogP contribution in [0.3, 0.4) is 0 Å². The Kier molecular flexibility index (Phi) is 5.15. The highest BCUT2D eigenvalue weighted by Gasteiger charge is 2.26. The number of hydrogen-bond acceptors (Lipinski definition) is 6. The largest absolute Gasteiger partial charge is 0.493 e. The van der Waals surface area contributed by atoms with Crippen molar-refractivity contribution in [1.29, 1.82) is 0 Å². The Labute approximate surface area is 152 Å². The molecule has 138 valence electrons. The Hall–Kier alpha value is -2.57. The molecule has 0 saturated carbocycles. The van der Waals surface area contributed by atoms with E-state index >= 15 is 0 Å². The first-order valence-electron chi connectivity index (χ1n) is 8.41. The lowest BCUT2D eigenvalue weighted by atomic mass is 9.92. The molecule has 3 rings (SSSR count). The average Bonchev–Trinajstić information content (AvgIpc) is 2.89. The number of benzene rings is 1. The van der Waals surface area contributed by atoms with E-state index in [4.69, 9.17) is 19.9 Å². The molecule has 0 heterocycles. The maximum atomic E-state index is 12.4. The minimum Gasteiger partial charge on any atom is -0.493 e. The van der Waals surface area contributed by atoms with Gasteiger partial charge in [0.1, 0.15) is 0 Å². The molecule has 0 bridgehead atoms. The normalized spacial score (nSPS) is 15.5. The van der Waals surface area contributed by atoms with E-state index in [9.17, 15) is 9.90 Å². The Bertz CT molecular complexity index is 894. The summed E-state index contributed by atoms with van der Waals surface area (Å²) in [5.41, 5.74) is 10.1. The maximum Gasteiger partial charge on any atom is 0.220 e. The molecule has 0 amide bonds. The Morgan fingerprint density at radius 1 is 1.12 bits per heavy atom. The van der Waals surface area contributed by atoms with Gasteiger partial charge in [-0.05, 0) is 53.3 Å². The molecule has 0 saturated heterocycles. The fourth-order valence-electron chi connectivity index (χ4n) is 3.61. The van der Waals surface area contributed by atoms with Crippen LogP contribution in [-0.4, -0.2) is 26.4 Å². The van der Waals surface area contributed by atoms with E-state index in [-0.39, 0.29) is 23.8 Å². The first-order valence-corrected chi connectivity index (χ1v) is 8.41. The number of methoxy groups -OCH3 is 3. The molecule has 2 aromatic rings. The number of nitrogens with two attached hydrogens (primary N) is 1. The van der Waals surface area contributed by atoms with E-state index in [1.807, 2.05) is 12.1 Å². The molecule has 0 unspecified atom stereocenters. The molecule has 0 aromatic heterocycles. The molecular formula is C20H23NO5. The third kappa shape index (κ3) is 2.91. The number of rotatable bonds is 4. The molecule has 1 aliphatic rings. The van der Waals surface area contributed by atoms with E-state index < -0.39 is 0 Å². The average molecular weight is 357 g/mol. The second-order valence-electron chi connectivity index (χ2n) is 6.21. The predicted molar refractivity (Wildman–Crippen MR) is 99.0 cm³/mol. The van der Waals surface area contributed by atoms with E-state index in [1.54, 1.807) is 13.2 Å². The number of fused-ring (bicyclic) bond motifs is 3. The van der Waals surface area contributed by atoms with Crippen LogP contribution in [0.15, 0.2) is 29.1 Å². The third-order valence-corrected chi connectivity index (χ3v) is 4.86. The summed E-state index contributed by atoms with van der Waals surface area (Å²) < 4.78 is 16.1. The van der Waals surface area contributed by atoms with Crippen molar-refractivity contribution < 1.29 is 19.3 Å². The standard InChI is InChI=1S/C20H23NO5/c1-24-17-7-5-12-13(9-16(17)23)15(21)6-4-11-8-18(25-2)20(26-3)14(10-22)19(11)12/h5,7-9,15,22H,4,6,10,21H2,1-3H3/t15-/m0/s1. The van der Waals surface area contributed by atoms with E-state index in [0.717, 1.165) is 22.3 Å². The molecule has 26 heavy (non-hydrogen) atoms. The van der Waals surface area contributed by atoms with E-state index in [2.05, 4.69) is 0 Å². The first-order chi connectivity index (χ1) is 12.5. The minimum absolute atomic E-state index is 0.223. The van der Waals surface area contributed by atoms with Crippen molar-refractivity contribution in [3.63, 3.8) is 0 Å². The van der Waals surface area contributed by atoms with Crippen molar-refractivity contribution in [2.24, 2.45) is 5.73 Å². The number of ether oxygens (including phenoxy) is 3. The van der Waals surface area contributed by atoms with Crippen LogP contribution in [0, 0.1) is 0 Å². The Morgan fingerprint density at radius 2 is 1.85 bits per heavy atom. The van der Waals surface area contributed by atoms with Gasteiger partial charge in [0.15, 0.2) is 17.2 Å². The highest BCUT2D eigenvalue weighted by Crippen LogP contribution is 2.45. The summed E-state index contributed by atoms with van der Waals surface area (Å²) in [4.78, 5) is 12.4. The molecule has 0 fully saturated rings. The molecule has 1 aliphatic carbocycles. The first kappa shape index (κ1) is 18.2. The van der Waals surface area contributed by atoms with Gasteiger partial charge in [0, 0.05) is 11.6 Å². The van der Waals surface area contributed by atoms with Crippen LogP contribution in [0.2, 0.25) is 0 Å². The van der Waals surface area contributed by atoms with Gasteiger partial charge in [0.2, 0.25) is 5.43 Å². The van der Waals surface area contributed by atoms with Crippen LogP contribution in [0.25, 0.3) is 11.1 Å². The Morgan fingerprint density at radius 3 is 2.46 bits per heavy atom. The summed E-state index contributed by atoms with van der Waals surface area (Å²) in [6, 6.07) is 6.61. The summed E-state index contributed by atoms with van der Waals surface area (Å²) >= 11 is 0. The molecule has 0 aliphatic heterocycles. The zero-order valence-electron chi connectivity index (χ0n) is 15.2. The van der Waals surface area contributed by atoms with Crippen molar-refractivity contribution in [3.05, 3.63) is 51.2 Å². The van der Waals surface area contributed by atoms with Gasteiger partial charge in [0.25, 0.3) is 0 Å². The number of aliphatic hydroxyl groups excluding tert-OH is 1. The van der Waals surface area contributed by atoms with Crippen molar-refractivity contribution in [2.45, 2.75) is 25.5 Å². The van der Waals surface area contributed by atoms with Gasteiger partial charge in [-0.2, -0.15) is 0 Å². The van der Waals surface area contributed by atoms with E-state index in [1.165, 1.54) is 20.3 Å². The predicted octanol–water partition coefficient (Wildman–Crippen LogP) is 2.18. The van der Waals surface area contributed by atoms with Crippen molar-refractivity contribution in [1.82, 2.24) is 0 Å². The summed E-state index contributed by atoms with van der Waals surface area (Å²) in [5, 5.41) is 10.1. The quantitative estimate of drug-likeness (QED) is 0.871. The number of aliphatic hydroxyl groups is 1. The highest BCUT2D eigenvalue weighted by molar-refractivity contribution is 5.79. The van der Waals surface area contributed by atoms with Crippen molar-refractivity contribution in [3.8, 4) is 28.4 Å². The smallest absolute Gasteiger partial charge is 0.220 e. The van der Waals surface area contributed by atoms with Gasteiger partial charge < -0.3 is 25.1 Å². The highest BCUT2D eigenvalue weighted by atomic mass is 16.5. The zero-order valence-corrected chi connectivity index (χ0v) is 15.2. The number of hydrogen-bond donors (Lipinski definition) is 2. The van der Waals surface area contributed by atoms with E-state index in [0.29, 0.717) is 29.9 Å². The Balaban J connectivity index is 2.43. The third-order valence-electron chi connectivity index (χ3n) is 4.86. The van der Waals surface area contributed by atoms with Crippen molar-refractivity contribution in [2.75, 3.05) is 21.3 Å². The minimum atomic E-state index is -0.300. The summed E-state index contributed by atoms with van der Waals surface area (Å²) in [5.74, 6) is 1.29. The SMILES string of the molecule is COc1cc2c(c(CO)c1OC)-c1ccc(OC)c(=O)cc1[C@@H](N)CC2. The molecule has 3 N–H and O–H groups in total. The van der Waals surface area contributed by atoms with Gasteiger partial charge in [-0.1, -0.05) is 6.07 Å². The summed E-state index contributed by atoms with van der Waals surface area (Å²) in [7, 11) is 4.57. The van der Waals surface area contributed by atoms with Crippen LogP contribution < -0.4 is 25.4 Å². The van der Waals surface area contributed by atoms with Gasteiger partial charge in [-0.15, -0.1) is 0 Å². The molecular weight excluding hydrogens is 334 g/mol. The molecule has 6 nitrogen and oxygen atoms in total. The molecule has 6 heteroatoms. The zero-order chi connectivity index (χ0) is 18.8. The number of aryl methyl sites for hydroxylation is 1. The van der Waals surface area contributed by atoms with Crippen LogP contribution in [-0.2, 0) is 13.0 Å². The second kappa shape index (κ2) is 7.35. The van der Waals surface area contributed by atoms with Gasteiger partial charge in [-0.25, -0.2) is 0 Å². The lowest BCUT2D eigenvalue weighted by molar-refractivity contribution is 0.270. The summed E-state index contributed by atoms with van der Waals surface area (Å²) in [6.07, 6.45) is 1.37. The lowest BCUT2D eigenvalue weighted by Gasteiger charge is -2.19. The molecule has 2 aromatic carbocycles. The monoisotopic (exact) mass is 357 g/mol. The van der Waals surface area contributed by atoms with Crippen LogP contribution >= 0.6 is 0 Å². The lowest BCUT2D eigenvalue weighted by Crippen LogP contribution is -2.12. The summed E-state index contributed by atoms with van der Waals surface area (Å²) in [6.45, 7) is -0.225. The van der Waals surface area contributed by atoms with Gasteiger partial charge >= 0.3 is 0 Å². The fraction of sp³-hybridized carbons (Fsp3) is 0.350. The second-order valence-corrected chi connectivity index (χ2v) is 6.21. The topological polar surface area (TPSA) is 91.0 Å². The van der Waals surface area contributed by atoms with Gasteiger partial charge in [0.05, 0.1) is 27.9 Å². The van der Waals surface area contributed by atoms with Crippen molar-refractivity contribution >= 4 is 0 Å². The fourth-order valence-corrected chi connectivity index (χ4v) is 3.61. The molecule has 0 radical (unpaired) electrons. The van der Waals surface area contributed by atoms with Crippen LogP contribution in [0.5, 0.6) is 17.2 Å². The molecule has 1 atom stereocenters.